The first-order chi connectivity index (χ1) is 16.9. The van der Waals surface area contributed by atoms with Crippen molar-refractivity contribution in [2.24, 2.45) is 16.8 Å². The van der Waals surface area contributed by atoms with Crippen molar-refractivity contribution in [1.29, 1.82) is 0 Å². The van der Waals surface area contributed by atoms with Crippen LogP contribution in [0.2, 0.25) is 5.02 Å². The molecule has 0 spiro atoms. The van der Waals surface area contributed by atoms with Gasteiger partial charge < -0.3 is 16.2 Å². The Labute approximate surface area is 209 Å². The van der Waals surface area contributed by atoms with E-state index in [1.165, 1.54) is 18.2 Å². The summed E-state index contributed by atoms with van der Waals surface area (Å²) in [5.41, 5.74) is 10.5. The fourth-order valence-corrected chi connectivity index (χ4v) is 4.59. The second-order valence-corrected chi connectivity index (χ2v) is 9.39. The number of phenolic OH excluding ortho intramolecular Hbond substituents is 1. The van der Waals surface area contributed by atoms with Gasteiger partial charge in [0.05, 0.1) is 17.7 Å². The molecule has 0 saturated heterocycles. The molecule has 35 heavy (non-hydrogen) atoms. The van der Waals surface area contributed by atoms with Gasteiger partial charge in [-0.15, -0.1) is 0 Å². The third-order valence-corrected chi connectivity index (χ3v) is 6.76. The van der Waals surface area contributed by atoms with E-state index in [1.54, 1.807) is 6.21 Å². The lowest BCUT2D eigenvalue weighted by Crippen LogP contribution is -2.34. The van der Waals surface area contributed by atoms with Gasteiger partial charge in [-0.05, 0) is 66.1 Å². The lowest BCUT2D eigenvalue weighted by Gasteiger charge is -2.26. The molecule has 1 fully saturated rings. The normalized spacial score (nSPS) is 18.0. The summed E-state index contributed by atoms with van der Waals surface area (Å²) in [7, 11) is 0. The minimum absolute atomic E-state index is 0.00580. The van der Waals surface area contributed by atoms with Gasteiger partial charge in [-0.25, -0.2) is 5.43 Å². The van der Waals surface area contributed by atoms with Crippen LogP contribution in [0.3, 0.4) is 0 Å². The van der Waals surface area contributed by atoms with Crippen LogP contribution in [0.15, 0.2) is 59.7 Å². The molecule has 1 saturated carbocycles. The Bertz CT molecular complexity index is 1250. The van der Waals surface area contributed by atoms with Gasteiger partial charge in [0.15, 0.2) is 0 Å². The van der Waals surface area contributed by atoms with Gasteiger partial charge >= 0.3 is 0 Å². The van der Waals surface area contributed by atoms with E-state index in [2.05, 4.69) is 15.8 Å². The number of amides is 2. The van der Waals surface area contributed by atoms with Crippen molar-refractivity contribution in [3.8, 4) is 5.75 Å². The van der Waals surface area contributed by atoms with E-state index >= 15 is 0 Å². The van der Waals surface area contributed by atoms with E-state index in [0.717, 1.165) is 47.6 Å². The number of carbonyl (C=O) groups is 2. The maximum absolute atomic E-state index is 12.6. The molecule has 7 nitrogen and oxygen atoms in total. The number of hydrogen-bond donors (Lipinski definition) is 4. The molecule has 182 valence electrons. The van der Waals surface area contributed by atoms with Crippen molar-refractivity contribution in [3.05, 3.63) is 76.3 Å². The topological polar surface area (TPSA) is 117 Å². The number of carbonyl (C=O) groups excluding carboxylic acids is 2. The molecule has 0 unspecified atom stereocenters. The van der Waals surface area contributed by atoms with Crippen molar-refractivity contribution in [1.82, 2.24) is 10.7 Å². The SMILES string of the molecule is NC1CCC(CNC(=O)Cc2ccc(/C=N/NC(=O)c3ccc(O)c(Cl)c3)c3ccccc23)CC1. The number of hydrogen-bond acceptors (Lipinski definition) is 5. The van der Waals surface area contributed by atoms with Crippen LogP contribution in [-0.4, -0.2) is 35.7 Å². The largest absolute Gasteiger partial charge is 0.506 e. The Kier molecular flexibility index (Phi) is 8.00. The van der Waals surface area contributed by atoms with Gasteiger partial charge in [-0.1, -0.05) is 48.0 Å². The van der Waals surface area contributed by atoms with E-state index in [1.807, 2.05) is 36.4 Å². The molecular weight excluding hydrogens is 464 g/mol. The van der Waals surface area contributed by atoms with Crippen LogP contribution in [0.5, 0.6) is 5.75 Å². The summed E-state index contributed by atoms with van der Waals surface area (Å²) in [5, 5.41) is 18.7. The number of benzene rings is 3. The summed E-state index contributed by atoms with van der Waals surface area (Å²) in [5.74, 6) is -0.0282. The maximum atomic E-state index is 12.6. The highest BCUT2D eigenvalue weighted by Crippen LogP contribution is 2.25. The van der Waals surface area contributed by atoms with E-state index < -0.39 is 5.91 Å². The smallest absolute Gasteiger partial charge is 0.271 e. The minimum atomic E-state index is -0.444. The van der Waals surface area contributed by atoms with Gasteiger partial charge in [0.1, 0.15) is 5.75 Å². The molecule has 5 N–H and O–H groups in total. The average Bonchev–Trinajstić information content (AvgIpc) is 2.86. The van der Waals surface area contributed by atoms with Crippen LogP contribution in [0.1, 0.15) is 47.2 Å². The highest BCUT2D eigenvalue weighted by molar-refractivity contribution is 6.32. The molecule has 0 atom stereocenters. The molecule has 0 heterocycles. The number of fused-ring (bicyclic) bond motifs is 1. The third kappa shape index (κ3) is 6.38. The van der Waals surface area contributed by atoms with E-state index in [4.69, 9.17) is 17.3 Å². The van der Waals surface area contributed by atoms with Gasteiger partial charge in [-0.2, -0.15) is 5.10 Å². The van der Waals surface area contributed by atoms with Crippen molar-refractivity contribution in [3.63, 3.8) is 0 Å². The summed E-state index contributed by atoms with van der Waals surface area (Å²) in [6.45, 7) is 0.695. The van der Waals surface area contributed by atoms with Gasteiger partial charge in [-0.3, -0.25) is 9.59 Å². The Morgan fingerprint density at radius 3 is 2.54 bits per heavy atom. The number of nitrogens with two attached hydrogens (primary N) is 1. The molecule has 0 radical (unpaired) electrons. The number of nitrogens with zero attached hydrogens (tertiary/aromatic N) is 1. The average molecular weight is 493 g/mol. The lowest BCUT2D eigenvalue weighted by molar-refractivity contribution is -0.120. The molecule has 8 heteroatoms. The second-order valence-electron chi connectivity index (χ2n) is 8.99. The Balaban J connectivity index is 1.41. The third-order valence-electron chi connectivity index (χ3n) is 6.46. The first kappa shape index (κ1) is 24.7. The van der Waals surface area contributed by atoms with Gasteiger partial charge in [0.25, 0.3) is 5.91 Å². The van der Waals surface area contributed by atoms with E-state index in [0.29, 0.717) is 24.9 Å². The summed E-state index contributed by atoms with van der Waals surface area (Å²) in [6, 6.07) is 16.1. The number of halogens is 1. The Morgan fingerprint density at radius 2 is 1.80 bits per heavy atom. The van der Waals surface area contributed by atoms with Crippen molar-refractivity contribution >= 4 is 40.4 Å². The number of phenols is 1. The van der Waals surface area contributed by atoms with Crippen LogP contribution in [0, 0.1) is 5.92 Å². The van der Waals surface area contributed by atoms with Crippen LogP contribution in [0.4, 0.5) is 0 Å². The van der Waals surface area contributed by atoms with Crippen molar-refractivity contribution in [2.75, 3.05) is 6.54 Å². The molecule has 0 aliphatic heterocycles. The van der Waals surface area contributed by atoms with Crippen molar-refractivity contribution in [2.45, 2.75) is 38.1 Å². The summed E-state index contributed by atoms with van der Waals surface area (Å²) in [4.78, 5) is 25.0. The standard InChI is InChI=1S/C27H29ClN4O3/c28-24-13-19(9-12-25(24)33)27(35)32-31-16-20-8-7-18(22-3-1-2-4-23(20)22)14-26(34)30-15-17-5-10-21(29)11-6-17/h1-4,7-9,12-13,16-17,21,33H,5-6,10-11,14-15,29H2,(H,30,34)(H,32,35)/b31-16+. The molecule has 4 rings (SSSR count). The quantitative estimate of drug-likeness (QED) is 0.293. The molecule has 1 aliphatic carbocycles. The fourth-order valence-electron chi connectivity index (χ4n) is 4.41. The highest BCUT2D eigenvalue weighted by Gasteiger charge is 2.19. The number of rotatable bonds is 7. The maximum Gasteiger partial charge on any atom is 0.271 e. The van der Waals surface area contributed by atoms with Crippen LogP contribution in [-0.2, 0) is 11.2 Å². The highest BCUT2D eigenvalue weighted by atomic mass is 35.5. The predicted molar refractivity (Wildman–Crippen MR) is 139 cm³/mol. The fraction of sp³-hybridized carbons (Fsp3) is 0.296. The summed E-state index contributed by atoms with van der Waals surface area (Å²) in [6.07, 6.45) is 6.04. The van der Waals surface area contributed by atoms with Gasteiger partial charge in [0, 0.05) is 23.7 Å². The predicted octanol–water partition coefficient (Wildman–Crippen LogP) is 4.14. The molecule has 3 aromatic rings. The first-order valence-electron chi connectivity index (χ1n) is 11.8. The zero-order chi connectivity index (χ0) is 24.8. The summed E-state index contributed by atoms with van der Waals surface area (Å²) >= 11 is 5.87. The zero-order valence-corrected chi connectivity index (χ0v) is 20.1. The zero-order valence-electron chi connectivity index (χ0n) is 19.3. The van der Waals surface area contributed by atoms with E-state index in [9.17, 15) is 14.7 Å². The lowest BCUT2D eigenvalue weighted by atomic mass is 9.86. The van der Waals surface area contributed by atoms with Crippen LogP contribution in [0.25, 0.3) is 10.8 Å². The monoisotopic (exact) mass is 492 g/mol. The molecule has 2 amide bonds. The summed E-state index contributed by atoms with van der Waals surface area (Å²) < 4.78 is 0. The molecule has 1 aliphatic rings. The number of aromatic hydroxyl groups is 1. The molecule has 3 aromatic carbocycles. The van der Waals surface area contributed by atoms with E-state index in [-0.39, 0.29) is 22.2 Å². The minimum Gasteiger partial charge on any atom is -0.506 e. The van der Waals surface area contributed by atoms with Crippen LogP contribution < -0.4 is 16.5 Å². The van der Waals surface area contributed by atoms with Crippen molar-refractivity contribution < 1.29 is 14.7 Å². The van der Waals surface area contributed by atoms with Gasteiger partial charge in [0.2, 0.25) is 5.91 Å². The Morgan fingerprint density at radius 1 is 1.06 bits per heavy atom. The molecular formula is C27H29ClN4O3. The number of hydrazone groups is 1. The Hall–Kier alpha value is -3.42. The first-order valence-corrected chi connectivity index (χ1v) is 12.1. The van der Waals surface area contributed by atoms with Crippen LogP contribution >= 0.6 is 11.6 Å². The molecule has 0 bridgehead atoms. The second kappa shape index (κ2) is 11.3. The number of nitrogens with one attached hydrogen (secondary N) is 2. The molecule has 0 aromatic heterocycles.